The van der Waals surface area contributed by atoms with Crippen molar-refractivity contribution in [3.8, 4) is 0 Å². The van der Waals surface area contributed by atoms with Crippen LogP contribution >= 0.6 is 11.1 Å². The molecule has 0 spiro atoms. The van der Waals surface area contributed by atoms with Crippen molar-refractivity contribution in [1.82, 2.24) is 0 Å². The number of unbranched alkanes of at least 4 members (excludes halogenated alkanes) is 2. The molecule has 1 atom stereocenters. The molecule has 0 aliphatic heterocycles. The predicted octanol–water partition coefficient (Wildman–Crippen LogP) is 6.68. The fraction of sp³-hybridized carbons (Fsp3) is 0.579. The summed E-state index contributed by atoms with van der Waals surface area (Å²) in [5.41, 5.74) is 6.68. The highest BCUT2D eigenvalue weighted by atomic mass is 35.6. The van der Waals surface area contributed by atoms with Gasteiger partial charge in [-0.1, -0.05) is 69.6 Å². The molecule has 1 aromatic rings. The first-order valence-corrected chi connectivity index (χ1v) is 12.6. The van der Waals surface area contributed by atoms with E-state index in [1.165, 1.54) is 44.1 Å². The quantitative estimate of drug-likeness (QED) is 0.388. The Labute approximate surface area is 136 Å². The lowest BCUT2D eigenvalue weighted by Gasteiger charge is -2.28. The first-order chi connectivity index (χ1) is 9.99. The standard InChI is InChI=1S/C19H29ClSi/c1-5-7-10-15-12-9-13-16-14-17(11-8-6-2)19(18(15)16)21(3,4)20/h9,12-14,19H,5-8,10-11H2,1-4H3. The normalized spacial score (nSPS) is 17.8. The van der Waals surface area contributed by atoms with Gasteiger partial charge in [-0.25, -0.2) is 0 Å². The maximum atomic E-state index is 6.94. The Kier molecular flexibility index (Phi) is 5.73. The summed E-state index contributed by atoms with van der Waals surface area (Å²) < 4.78 is 0. The molecule has 1 aliphatic carbocycles. The van der Waals surface area contributed by atoms with Gasteiger partial charge in [0.2, 0.25) is 0 Å². The van der Waals surface area contributed by atoms with Crippen LogP contribution in [0.1, 0.15) is 68.2 Å². The first-order valence-electron chi connectivity index (χ1n) is 8.50. The van der Waals surface area contributed by atoms with Crippen LogP contribution in [0.15, 0.2) is 23.8 Å². The Balaban J connectivity index is 2.39. The molecule has 2 heteroatoms. The van der Waals surface area contributed by atoms with E-state index in [-0.39, 0.29) is 0 Å². The second-order valence-electron chi connectivity index (χ2n) is 6.84. The van der Waals surface area contributed by atoms with Crippen LogP contribution < -0.4 is 0 Å². The highest BCUT2D eigenvalue weighted by Gasteiger charge is 2.39. The molecule has 1 aromatic carbocycles. The van der Waals surface area contributed by atoms with Gasteiger partial charge >= 0.3 is 0 Å². The maximum Gasteiger partial charge on any atom is 0.161 e. The third-order valence-corrected chi connectivity index (χ3v) is 7.22. The second-order valence-corrected chi connectivity index (χ2v) is 13.5. The minimum absolute atomic E-state index is 0.522. The van der Waals surface area contributed by atoms with Crippen LogP contribution in [-0.4, -0.2) is 7.38 Å². The van der Waals surface area contributed by atoms with Crippen LogP contribution in [0.2, 0.25) is 13.1 Å². The summed E-state index contributed by atoms with van der Waals surface area (Å²) in [5.74, 6) is 0. The van der Waals surface area contributed by atoms with Crippen molar-refractivity contribution in [1.29, 1.82) is 0 Å². The molecule has 21 heavy (non-hydrogen) atoms. The SMILES string of the molecule is CCCCC1=Cc2cccc(CCCC)c2C1[Si](C)(C)Cl. The van der Waals surface area contributed by atoms with E-state index in [4.69, 9.17) is 11.1 Å². The van der Waals surface area contributed by atoms with Gasteiger partial charge in [0.1, 0.15) is 0 Å². The van der Waals surface area contributed by atoms with Crippen molar-refractivity contribution >= 4 is 24.5 Å². The molecule has 0 aromatic heterocycles. The van der Waals surface area contributed by atoms with Gasteiger partial charge in [0, 0.05) is 5.54 Å². The third-order valence-electron chi connectivity index (χ3n) is 4.54. The molecular weight excluding hydrogens is 292 g/mol. The number of fused-ring (bicyclic) bond motifs is 1. The summed E-state index contributed by atoms with van der Waals surface area (Å²) in [4.78, 5) is 0. The van der Waals surface area contributed by atoms with Gasteiger partial charge in [0.05, 0.1) is 0 Å². The van der Waals surface area contributed by atoms with Crippen LogP contribution in [0.4, 0.5) is 0 Å². The predicted molar refractivity (Wildman–Crippen MR) is 98.6 cm³/mol. The molecule has 0 heterocycles. The molecule has 0 bridgehead atoms. The highest BCUT2D eigenvalue weighted by Crippen LogP contribution is 2.47. The zero-order chi connectivity index (χ0) is 15.5. The van der Waals surface area contributed by atoms with Gasteiger partial charge < -0.3 is 0 Å². The van der Waals surface area contributed by atoms with E-state index in [0.29, 0.717) is 5.54 Å². The molecule has 0 fully saturated rings. The molecular formula is C19H29ClSi. The summed E-state index contributed by atoms with van der Waals surface area (Å²) in [7, 11) is -1.76. The Morgan fingerprint density at radius 1 is 1.05 bits per heavy atom. The molecule has 2 rings (SSSR count). The van der Waals surface area contributed by atoms with E-state index >= 15 is 0 Å². The van der Waals surface area contributed by atoms with Gasteiger partial charge in [-0.3, -0.25) is 0 Å². The molecule has 0 N–H and O–H groups in total. The molecule has 0 saturated heterocycles. The average Bonchev–Trinajstić information content (AvgIpc) is 2.81. The second kappa shape index (κ2) is 7.15. The van der Waals surface area contributed by atoms with Crippen molar-refractivity contribution in [3.63, 3.8) is 0 Å². The Hall–Kier alpha value is -0.533. The van der Waals surface area contributed by atoms with Gasteiger partial charge in [-0.05, 0) is 42.4 Å². The Morgan fingerprint density at radius 2 is 1.71 bits per heavy atom. The largest absolute Gasteiger partial charge is 0.167 e. The smallest absolute Gasteiger partial charge is 0.161 e. The monoisotopic (exact) mass is 320 g/mol. The fourth-order valence-corrected chi connectivity index (χ4v) is 6.44. The summed E-state index contributed by atoms with van der Waals surface area (Å²) in [5, 5.41) is 0. The van der Waals surface area contributed by atoms with Gasteiger partial charge in [-0.2, -0.15) is 11.1 Å². The highest BCUT2D eigenvalue weighted by molar-refractivity contribution is 7.20. The molecule has 1 aliphatic rings. The summed E-state index contributed by atoms with van der Waals surface area (Å²) in [6, 6.07) is 6.84. The molecule has 0 amide bonds. The minimum atomic E-state index is -1.76. The van der Waals surface area contributed by atoms with Crippen molar-refractivity contribution in [2.75, 3.05) is 0 Å². The van der Waals surface area contributed by atoms with E-state index in [1.54, 1.807) is 16.7 Å². The molecule has 1 unspecified atom stereocenters. The lowest BCUT2D eigenvalue weighted by atomic mass is 9.96. The number of hydrogen-bond acceptors (Lipinski definition) is 0. The summed E-state index contributed by atoms with van der Waals surface area (Å²) >= 11 is 6.94. The number of hydrogen-bond donors (Lipinski definition) is 0. The van der Waals surface area contributed by atoms with E-state index < -0.39 is 7.38 Å². The number of aryl methyl sites for hydroxylation is 1. The first kappa shape index (κ1) is 16.8. The number of benzene rings is 1. The van der Waals surface area contributed by atoms with Crippen molar-refractivity contribution < 1.29 is 0 Å². The zero-order valence-corrected chi connectivity index (χ0v) is 15.8. The van der Waals surface area contributed by atoms with Crippen LogP contribution in [-0.2, 0) is 6.42 Å². The Morgan fingerprint density at radius 3 is 2.33 bits per heavy atom. The van der Waals surface area contributed by atoms with Crippen LogP contribution in [0.3, 0.4) is 0 Å². The maximum absolute atomic E-state index is 6.94. The van der Waals surface area contributed by atoms with Gasteiger partial charge in [-0.15, -0.1) is 0 Å². The lowest BCUT2D eigenvalue weighted by molar-refractivity contribution is 0.760. The van der Waals surface area contributed by atoms with Crippen molar-refractivity contribution in [3.05, 3.63) is 40.5 Å². The van der Waals surface area contributed by atoms with E-state index in [9.17, 15) is 0 Å². The molecule has 0 saturated carbocycles. The van der Waals surface area contributed by atoms with Crippen molar-refractivity contribution in [2.45, 2.75) is 71.0 Å². The molecule has 0 radical (unpaired) electrons. The van der Waals surface area contributed by atoms with Crippen LogP contribution in [0, 0.1) is 0 Å². The zero-order valence-electron chi connectivity index (χ0n) is 14.0. The van der Waals surface area contributed by atoms with Gasteiger partial charge in [0.25, 0.3) is 0 Å². The summed E-state index contributed by atoms with van der Waals surface area (Å²) in [6.45, 7) is 9.16. The van der Waals surface area contributed by atoms with E-state index in [0.717, 1.165) is 0 Å². The fourth-order valence-electron chi connectivity index (χ4n) is 3.55. The molecule has 0 nitrogen and oxygen atoms in total. The third kappa shape index (κ3) is 3.81. The van der Waals surface area contributed by atoms with Crippen molar-refractivity contribution in [2.24, 2.45) is 0 Å². The Bertz CT molecular complexity index is 511. The minimum Gasteiger partial charge on any atom is -0.167 e. The number of allylic oxidation sites excluding steroid dienone is 1. The topological polar surface area (TPSA) is 0 Å². The number of halogens is 1. The number of rotatable bonds is 7. The molecule has 116 valence electrons. The lowest BCUT2D eigenvalue weighted by Crippen LogP contribution is -2.29. The van der Waals surface area contributed by atoms with Gasteiger partial charge in [0.15, 0.2) is 7.38 Å². The van der Waals surface area contributed by atoms with Crippen LogP contribution in [0.5, 0.6) is 0 Å². The average molecular weight is 321 g/mol. The summed E-state index contributed by atoms with van der Waals surface area (Å²) in [6.07, 6.45) is 9.93. The van der Waals surface area contributed by atoms with E-state index in [1.807, 2.05) is 0 Å². The van der Waals surface area contributed by atoms with E-state index in [2.05, 4.69) is 51.2 Å². The van der Waals surface area contributed by atoms with Crippen LogP contribution in [0.25, 0.3) is 6.08 Å².